The third kappa shape index (κ3) is 4.75. The van der Waals surface area contributed by atoms with Crippen molar-refractivity contribution in [2.75, 3.05) is 7.05 Å². The van der Waals surface area contributed by atoms with E-state index >= 15 is 0 Å². The molecule has 0 spiro atoms. The number of nitrogens with zero attached hydrogens (tertiary/aromatic N) is 3. The molecular weight excluding hydrogens is 421 g/mol. The van der Waals surface area contributed by atoms with Crippen molar-refractivity contribution in [3.05, 3.63) is 58.7 Å². The van der Waals surface area contributed by atoms with Crippen LogP contribution in [-0.4, -0.2) is 39.1 Å². The number of H-pyrrole nitrogens is 1. The molecule has 0 saturated heterocycles. The Hall–Kier alpha value is -4.06. The monoisotopic (exact) mass is 445 g/mol. The molecule has 4 rings (SSSR count). The lowest BCUT2D eigenvalue weighted by Crippen LogP contribution is -2.25. The van der Waals surface area contributed by atoms with Gasteiger partial charge in [-0.05, 0) is 48.1 Å². The fraction of sp³-hybridized carbons (Fsp3) is 0.292. The van der Waals surface area contributed by atoms with Gasteiger partial charge in [0, 0.05) is 37.5 Å². The van der Waals surface area contributed by atoms with Crippen molar-refractivity contribution >= 4 is 28.9 Å². The van der Waals surface area contributed by atoms with Crippen molar-refractivity contribution in [2.24, 2.45) is 0 Å². The molecule has 0 bridgehead atoms. The number of hydrogen-bond donors (Lipinski definition) is 4. The number of hydrogen-bond acceptors (Lipinski definition) is 6. The van der Waals surface area contributed by atoms with Gasteiger partial charge in [-0.3, -0.25) is 4.79 Å². The number of aromatic amines is 1. The number of halogens is 1. The van der Waals surface area contributed by atoms with Crippen LogP contribution in [0.5, 0.6) is 0 Å². The summed E-state index contributed by atoms with van der Waals surface area (Å²) in [5.41, 5.74) is 2.50. The van der Waals surface area contributed by atoms with Gasteiger partial charge in [0.05, 0.1) is 0 Å². The quantitative estimate of drug-likeness (QED) is 0.329. The van der Waals surface area contributed by atoms with Gasteiger partial charge < -0.3 is 21.0 Å². The number of carbonyl (C=O) groups excluding carboxylic acids is 1. The minimum atomic E-state index is -0.468. The lowest BCUT2D eigenvalue weighted by Gasteiger charge is -2.09. The molecule has 8 nitrogen and oxygen atoms in total. The van der Waals surface area contributed by atoms with Crippen molar-refractivity contribution in [3.8, 4) is 12.3 Å². The van der Waals surface area contributed by atoms with Gasteiger partial charge in [-0.15, -0.1) is 6.42 Å². The second-order valence-electron chi connectivity index (χ2n) is 7.91. The van der Waals surface area contributed by atoms with E-state index in [1.54, 1.807) is 19.3 Å². The predicted molar refractivity (Wildman–Crippen MR) is 124 cm³/mol. The first kappa shape index (κ1) is 22.1. The molecule has 0 aliphatic heterocycles. The standard InChI is InChI=1S/C24H24FN7O/c1-3-19-29-21(20-23(30-19)32-22(31-20)15-6-4-5-7-15)24(33)28-12-14-8-16(10-18(25)9-14)17(11-26)13-27-2/h1,8-11,13,15,26-27H,4-7,12H2,2H3,(H,28,33)(H,29,30,31,32)/b17-13+,26-11?. The summed E-state index contributed by atoms with van der Waals surface area (Å²) in [6.45, 7) is 0.0644. The highest BCUT2D eigenvalue weighted by atomic mass is 19.1. The third-order valence-corrected chi connectivity index (χ3v) is 5.65. The van der Waals surface area contributed by atoms with Gasteiger partial charge in [0.25, 0.3) is 5.91 Å². The summed E-state index contributed by atoms with van der Waals surface area (Å²) in [6.07, 6.45) is 12.6. The predicted octanol–water partition coefficient (Wildman–Crippen LogP) is 3.27. The molecule has 1 aliphatic carbocycles. The Morgan fingerprint density at radius 1 is 1.30 bits per heavy atom. The zero-order chi connectivity index (χ0) is 23.4. The Morgan fingerprint density at radius 2 is 2.09 bits per heavy atom. The summed E-state index contributed by atoms with van der Waals surface area (Å²) in [5, 5.41) is 13.1. The van der Waals surface area contributed by atoms with Crippen LogP contribution in [0.4, 0.5) is 4.39 Å². The molecule has 1 saturated carbocycles. The molecule has 2 aromatic heterocycles. The lowest BCUT2D eigenvalue weighted by atomic mass is 10.0. The van der Waals surface area contributed by atoms with E-state index in [1.165, 1.54) is 12.1 Å². The molecule has 0 atom stereocenters. The minimum Gasteiger partial charge on any atom is -0.393 e. The van der Waals surface area contributed by atoms with Crippen molar-refractivity contribution in [1.29, 1.82) is 5.41 Å². The lowest BCUT2D eigenvalue weighted by molar-refractivity contribution is 0.0947. The van der Waals surface area contributed by atoms with E-state index < -0.39 is 11.7 Å². The number of terminal acetylenes is 1. The van der Waals surface area contributed by atoms with Crippen molar-refractivity contribution in [2.45, 2.75) is 38.1 Å². The van der Waals surface area contributed by atoms with Gasteiger partial charge in [-0.1, -0.05) is 12.8 Å². The molecule has 0 unspecified atom stereocenters. The summed E-state index contributed by atoms with van der Waals surface area (Å²) in [7, 11) is 1.70. The number of rotatable bonds is 7. The van der Waals surface area contributed by atoms with Crippen molar-refractivity contribution in [3.63, 3.8) is 0 Å². The average molecular weight is 446 g/mol. The maximum Gasteiger partial charge on any atom is 0.272 e. The van der Waals surface area contributed by atoms with Crippen LogP contribution in [0.25, 0.3) is 16.7 Å². The minimum absolute atomic E-state index is 0.0644. The summed E-state index contributed by atoms with van der Waals surface area (Å²) in [4.78, 5) is 29.3. The molecule has 0 radical (unpaired) electrons. The molecular formula is C24H24FN7O. The van der Waals surface area contributed by atoms with Gasteiger partial charge in [-0.25, -0.2) is 14.4 Å². The van der Waals surface area contributed by atoms with E-state index in [0.717, 1.165) is 37.7 Å². The highest BCUT2D eigenvalue weighted by Gasteiger charge is 2.24. The van der Waals surface area contributed by atoms with Crippen molar-refractivity contribution < 1.29 is 9.18 Å². The first-order chi connectivity index (χ1) is 16.0. The number of amides is 1. The van der Waals surface area contributed by atoms with Gasteiger partial charge >= 0.3 is 0 Å². The van der Waals surface area contributed by atoms with Crippen LogP contribution in [0.2, 0.25) is 0 Å². The van der Waals surface area contributed by atoms with Gasteiger partial charge in [0.15, 0.2) is 11.3 Å². The van der Waals surface area contributed by atoms with E-state index in [0.29, 0.717) is 33.8 Å². The molecule has 4 N–H and O–H groups in total. The summed E-state index contributed by atoms with van der Waals surface area (Å²) >= 11 is 0. The second kappa shape index (κ2) is 9.61. The largest absolute Gasteiger partial charge is 0.393 e. The fourth-order valence-corrected chi connectivity index (χ4v) is 4.09. The average Bonchev–Trinajstić information content (AvgIpc) is 3.49. The summed E-state index contributed by atoms with van der Waals surface area (Å²) < 4.78 is 14.2. The smallest absolute Gasteiger partial charge is 0.272 e. The Kier molecular flexibility index (Phi) is 6.45. The number of allylic oxidation sites excluding steroid dienone is 1. The maximum absolute atomic E-state index is 14.2. The number of imidazole rings is 1. The number of nitrogens with one attached hydrogen (secondary N) is 4. The van der Waals surface area contributed by atoms with E-state index in [4.69, 9.17) is 11.8 Å². The molecule has 2 heterocycles. The topological polar surface area (TPSA) is 119 Å². The van der Waals surface area contributed by atoms with Gasteiger partial charge in [0.2, 0.25) is 5.82 Å². The molecule has 9 heteroatoms. The highest BCUT2D eigenvalue weighted by molar-refractivity contribution is 6.08. The molecule has 1 fully saturated rings. The van der Waals surface area contributed by atoms with Gasteiger partial charge in [-0.2, -0.15) is 4.98 Å². The van der Waals surface area contributed by atoms with Crippen LogP contribution in [0, 0.1) is 23.6 Å². The van der Waals surface area contributed by atoms with Crippen LogP contribution in [0.1, 0.15) is 64.9 Å². The van der Waals surface area contributed by atoms with Crippen LogP contribution >= 0.6 is 0 Å². The fourth-order valence-electron chi connectivity index (χ4n) is 4.09. The first-order valence-corrected chi connectivity index (χ1v) is 10.7. The zero-order valence-electron chi connectivity index (χ0n) is 18.2. The Bertz CT molecular complexity index is 1280. The van der Waals surface area contributed by atoms with E-state index in [9.17, 15) is 9.18 Å². The molecule has 1 aromatic carbocycles. The van der Waals surface area contributed by atoms with Gasteiger partial charge in [0.1, 0.15) is 17.2 Å². The molecule has 168 valence electrons. The number of fused-ring (bicyclic) bond motifs is 1. The molecule has 33 heavy (non-hydrogen) atoms. The van der Waals surface area contributed by atoms with Crippen LogP contribution in [0.15, 0.2) is 24.4 Å². The number of aromatic nitrogens is 4. The van der Waals surface area contributed by atoms with Crippen LogP contribution in [-0.2, 0) is 6.54 Å². The van der Waals surface area contributed by atoms with Crippen LogP contribution in [0.3, 0.4) is 0 Å². The first-order valence-electron chi connectivity index (χ1n) is 10.7. The molecule has 1 aliphatic rings. The molecule has 3 aromatic rings. The SMILES string of the molecule is C#Cc1nc(C(=O)NCc2cc(F)cc(/C(C=N)=C/NC)c2)c2[nH]c(C3CCCC3)nc2n1. The number of benzene rings is 1. The normalized spacial score (nSPS) is 14.3. The Morgan fingerprint density at radius 3 is 2.79 bits per heavy atom. The van der Waals surface area contributed by atoms with E-state index in [-0.39, 0.29) is 18.1 Å². The third-order valence-electron chi connectivity index (χ3n) is 5.65. The zero-order valence-corrected chi connectivity index (χ0v) is 18.2. The Labute approximate surface area is 190 Å². The maximum atomic E-state index is 14.2. The number of carbonyl (C=O) groups is 1. The van der Waals surface area contributed by atoms with Crippen molar-refractivity contribution in [1.82, 2.24) is 30.6 Å². The van der Waals surface area contributed by atoms with Crippen LogP contribution < -0.4 is 10.6 Å². The highest BCUT2D eigenvalue weighted by Crippen LogP contribution is 2.33. The van der Waals surface area contributed by atoms with E-state index in [2.05, 4.69) is 36.5 Å². The Balaban J connectivity index is 1.60. The summed E-state index contributed by atoms with van der Waals surface area (Å²) in [6, 6.07) is 4.39. The second-order valence-corrected chi connectivity index (χ2v) is 7.91. The van der Waals surface area contributed by atoms with E-state index in [1.807, 2.05) is 0 Å². The summed E-state index contributed by atoms with van der Waals surface area (Å²) in [5.74, 6) is 2.63. The molecule has 1 amide bonds.